The van der Waals surface area contributed by atoms with Gasteiger partial charge in [-0.05, 0) is 39.2 Å². The Bertz CT molecular complexity index is 181. The average Bonchev–Trinajstić information content (AvgIpc) is 2.21. The zero-order valence-corrected chi connectivity index (χ0v) is 11.8. The Kier molecular flexibility index (Phi) is 5.77. The van der Waals surface area contributed by atoms with Gasteiger partial charge in [-0.25, -0.2) is 0 Å². The first-order chi connectivity index (χ1) is 7.56. The zero-order valence-electron chi connectivity index (χ0n) is 11.8. The monoisotopic (exact) mass is 226 g/mol. The Balaban J connectivity index is 2.53. The van der Waals surface area contributed by atoms with Crippen molar-refractivity contribution in [3.63, 3.8) is 0 Å². The quantitative estimate of drug-likeness (QED) is 0.775. The molecule has 0 bridgehead atoms. The van der Waals surface area contributed by atoms with Crippen molar-refractivity contribution < 1.29 is 0 Å². The van der Waals surface area contributed by atoms with E-state index in [1.165, 1.54) is 25.8 Å². The van der Waals surface area contributed by atoms with Crippen LogP contribution in [0.15, 0.2) is 0 Å². The fourth-order valence-electron chi connectivity index (χ4n) is 2.84. The SMILES string of the molecule is CCNC(CN1C(C)CCCC1C)C(C)C. The number of likely N-dealkylation sites (N-methyl/N-ethyl adjacent to an activating group) is 1. The van der Waals surface area contributed by atoms with Crippen LogP contribution in [0.2, 0.25) is 0 Å². The van der Waals surface area contributed by atoms with Crippen LogP contribution in [-0.4, -0.2) is 36.1 Å². The van der Waals surface area contributed by atoms with Gasteiger partial charge in [0.1, 0.15) is 0 Å². The van der Waals surface area contributed by atoms with Gasteiger partial charge in [0.2, 0.25) is 0 Å². The van der Waals surface area contributed by atoms with E-state index >= 15 is 0 Å². The molecule has 1 fully saturated rings. The van der Waals surface area contributed by atoms with Gasteiger partial charge in [-0.2, -0.15) is 0 Å². The van der Waals surface area contributed by atoms with Crippen molar-refractivity contribution >= 4 is 0 Å². The third kappa shape index (κ3) is 3.74. The van der Waals surface area contributed by atoms with Gasteiger partial charge >= 0.3 is 0 Å². The fraction of sp³-hybridized carbons (Fsp3) is 1.00. The van der Waals surface area contributed by atoms with E-state index in [0.29, 0.717) is 6.04 Å². The second-order valence-corrected chi connectivity index (χ2v) is 5.73. The Morgan fingerprint density at radius 3 is 2.19 bits per heavy atom. The first-order valence-electron chi connectivity index (χ1n) is 7.05. The highest BCUT2D eigenvalue weighted by Gasteiger charge is 2.27. The molecule has 0 aromatic rings. The van der Waals surface area contributed by atoms with E-state index in [-0.39, 0.29) is 0 Å². The van der Waals surface area contributed by atoms with E-state index in [0.717, 1.165) is 24.5 Å². The maximum atomic E-state index is 3.63. The molecule has 1 aliphatic rings. The number of rotatable bonds is 5. The highest BCUT2D eigenvalue weighted by Crippen LogP contribution is 2.23. The van der Waals surface area contributed by atoms with Crippen molar-refractivity contribution in [3.8, 4) is 0 Å². The Morgan fingerprint density at radius 2 is 1.75 bits per heavy atom. The van der Waals surface area contributed by atoms with Crippen LogP contribution in [0.5, 0.6) is 0 Å². The number of nitrogens with zero attached hydrogens (tertiary/aromatic N) is 1. The fourth-order valence-corrected chi connectivity index (χ4v) is 2.84. The molecule has 0 aliphatic carbocycles. The molecule has 0 radical (unpaired) electrons. The predicted molar refractivity (Wildman–Crippen MR) is 71.8 cm³/mol. The van der Waals surface area contributed by atoms with Crippen LogP contribution in [0, 0.1) is 5.92 Å². The summed E-state index contributed by atoms with van der Waals surface area (Å²) in [5.41, 5.74) is 0. The summed E-state index contributed by atoms with van der Waals surface area (Å²) in [5, 5.41) is 3.63. The Labute approximate surface area is 102 Å². The smallest absolute Gasteiger partial charge is 0.0218 e. The summed E-state index contributed by atoms with van der Waals surface area (Å²) >= 11 is 0. The third-order valence-corrected chi connectivity index (χ3v) is 4.05. The van der Waals surface area contributed by atoms with Crippen molar-refractivity contribution in [1.29, 1.82) is 0 Å². The highest BCUT2D eigenvalue weighted by atomic mass is 15.2. The molecule has 3 atom stereocenters. The lowest BCUT2D eigenvalue weighted by molar-refractivity contribution is 0.0837. The summed E-state index contributed by atoms with van der Waals surface area (Å²) in [5.74, 6) is 0.723. The normalized spacial score (nSPS) is 29.6. The van der Waals surface area contributed by atoms with Crippen LogP contribution in [0.1, 0.15) is 53.9 Å². The molecule has 16 heavy (non-hydrogen) atoms. The summed E-state index contributed by atoms with van der Waals surface area (Å²) in [6, 6.07) is 2.18. The summed E-state index contributed by atoms with van der Waals surface area (Å²) in [6.07, 6.45) is 4.16. The summed E-state index contributed by atoms with van der Waals surface area (Å²) < 4.78 is 0. The molecule has 0 aromatic carbocycles. The van der Waals surface area contributed by atoms with Crippen LogP contribution < -0.4 is 5.32 Å². The number of piperidine rings is 1. The molecule has 0 amide bonds. The molecule has 2 heteroatoms. The lowest BCUT2D eigenvalue weighted by Crippen LogP contribution is -2.51. The standard InChI is InChI=1S/C14H30N2/c1-6-15-14(11(2)3)10-16-12(4)8-7-9-13(16)5/h11-15H,6-10H2,1-5H3. The predicted octanol–water partition coefficient (Wildman–Crippen LogP) is 2.88. The van der Waals surface area contributed by atoms with Crippen molar-refractivity contribution in [2.45, 2.75) is 72.0 Å². The van der Waals surface area contributed by atoms with E-state index < -0.39 is 0 Å². The zero-order chi connectivity index (χ0) is 12.1. The van der Waals surface area contributed by atoms with E-state index in [1.807, 2.05) is 0 Å². The van der Waals surface area contributed by atoms with Gasteiger partial charge in [0.25, 0.3) is 0 Å². The lowest BCUT2D eigenvalue weighted by Gasteiger charge is -2.41. The van der Waals surface area contributed by atoms with Crippen LogP contribution >= 0.6 is 0 Å². The second kappa shape index (κ2) is 6.61. The molecular weight excluding hydrogens is 196 g/mol. The van der Waals surface area contributed by atoms with Gasteiger partial charge in [0.05, 0.1) is 0 Å². The lowest BCUT2D eigenvalue weighted by atomic mass is 9.95. The van der Waals surface area contributed by atoms with E-state index in [1.54, 1.807) is 0 Å². The molecule has 1 heterocycles. The molecule has 96 valence electrons. The summed E-state index contributed by atoms with van der Waals surface area (Å²) in [7, 11) is 0. The molecule has 1 saturated heterocycles. The third-order valence-electron chi connectivity index (χ3n) is 4.05. The van der Waals surface area contributed by atoms with Crippen LogP contribution in [0.4, 0.5) is 0 Å². The Hall–Kier alpha value is -0.0800. The van der Waals surface area contributed by atoms with E-state index in [2.05, 4.69) is 44.8 Å². The first kappa shape index (κ1) is 14.0. The van der Waals surface area contributed by atoms with E-state index in [4.69, 9.17) is 0 Å². The molecule has 1 rings (SSSR count). The van der Waals surface area contributed by atoms with Gasteiger partial charge in [-0.15, -0.1) is 0 Å². The van der Waals surface area contributed by atoms with Gasteiger partial charge < -0.3 is 5.32 Å². The van der Waals surface area contributed by atoms with Gasteiger partial charge in [0.15, 0.2) is 0 Å². The largest absolute Gasteiger partial charge is 0.313 e. The first-order valence-corrected chi connectivity index (χ1v) is 7.05. The van der Waals surface area contributed by atoms with E-state index in [9.17, 15) is 0 Å². The maximum absolute atomic E-state index is 3.63. The molecule has 2 nitrogen and oxygen atoms in total. The Morgan fingerprint density at radius 1 is 1.19 bits per heavy atom. The van der Waals surface area contributed by atoms with Gasteiger partial charge in [-0.3, -0.25) is 4.90 Å². The number of hydrogen-bond donors (Lipinski definition) is 1. The minimum absolute atomic E-state index is 0.646. The van der Waals surface area contributed by atoms with Crippen molar-refractivity contribution in [2.75, 3.05) is 13.1 Å². The van der Waals surface area contributed by atoms with Crippen molar-refractivity contribution in [3.05, 3.63) is 0 Å². The van der Waals surface area contributed by atoms with Gasteiger partial charge in [0, 0.05) is 24.7 Å². The van der Waals surface area contributed by atoms with Crippen molar-refractivity contribution in [1.82, 2.24) is 10.2 Å². The molecule has 0 saturated carbocycles. The highest BCUT2D eigenvalue weighted by molar-refractivity contribution is 4.84. The molecule has 0 aromatic heterocycles. The minimum Gasteiger partial charge on any atom is -0.313 e. The summed E-state index contributed by atoms with van der Waals surface area (Å²) in [6.45, 7) is 13.9. The molecule has 3 unspecified atom stereocenters. The molecular formula is C14H30N2. The van der Waals surface area contributed by atoms with Crippen LogP contribution in [0.25, 0.3) is 0 Å². The summed E-state index contributed by atoms with van der Waals surface area (Å²) in [4.78, 5) is 2.71. The molecule has 1 aliphatic heterocycles. The van der Waals surface area contributed by atoms with Crippen molar-refractivity contribution in [2.24, 2.45) is 5.92 Å². The van der Waals surface area contributed by atoms with Gasteiger partial charge in [-0.1, -0.05) is 27.2 Å². The van der Waals surface area contributed by atoms with Crippen LogP contribution in [0.3, 0.4) is 0 Å². The maximum Gasteiger partial charge on any atom is 0.0218 e. The van der Waals surface area contributed by atoms with Crippen LogP contribution in [-0.2, 0) is 0 Å². The number of nitrogens with one attached hydrogen (secondary N) is 1. The average molecular weight is 226 g/mol. The minimum atomic E-state index is 0.646. The number of hydrogen-bond acceptors (Lipinski definition) is 2. The second-order valence-electron chi connectivity index (χ2n) is 5.73. The molecule has 0 spiro atoms. The molecule has 1 N–H and O–H groups in total. The number of likely N-dealkylation sites (tertiary alicyclic amines) is 1. The topological polar surface area (TPSA) is 15.3 Å².